The topological polar surface area (TPSA) is 74.6 Å². The SMILES string of the molecule is CC(C)CCCC(=O)O.CCCC(C)CC(=O)O. The quantitative estimate of drug-likeness (QED) is 0.696. The molecular formula is C14H28O4. The molecule has 0 heterocycles. The maximum Gasteiger partial charge on any atom is 0.303 e. The van der Waals surface area contributed by atoms with Gasteiger partial charge in [-0.2, -0.15) is 0 Å². The van der Waals surface area contributed by atoms with Crippen molar-refractivity contribution in [2.75, 3.05) is 0 Å². The molecule has 0 aromatic carbocycles. The molecule has 0 saturated heterocycles. The zero-order valence-electron chi connectivity index (χ0n) is 12.1. The second-order valence-electron chi connectivity index (χ2n) is 5.17. The van der Waals surface area contributed by atoms with Gasteiger partial charge in [0.15, 0.2) is 0 Å². The maximum absolute atomic E-state index is 10.1. The van der Waals surface area contributed by atoms with E-state index in [9.17, 15) is 9.59 Å². The fraction of sp³-hybridized carbons (Fsp3) is 0.857. The van der Waals surface area contributed by atoms with E-state index in [0.29, 0.717) is 24.7 Å². The van der Waals surface area contributed by atoms with Gasteiger partial charge in [-0.25, -0.2) is 0 Å². The number of hydrogen-bond acceptors (Lipinski definition) is 2. The number of carbonyl (C=O) groups is 2. The van der Waals surface area contributed by atoms with Crippen LogP contribution in [0.4, 0.5) is 0 Å². The number of aliphatic carboxylic acids is 2. The van der Waals surface area contributed by atoms with E-state index >= 15 is 0 Å². The normalized spacial score (nSPS) is 11.6. The molecular weight excluding hydrogens is 232 g/mol. The summed E-state index contributed by atoms with van der Waals surface area (Å²) in [6, 6.07) is 0. The van der Waals surface area contributed by atoms with Gasteiger partial charge in [0.2, 0.25) is 0 Å². The lowest BCUT2D eigenvalue weighted by atomic mass is 10.0. The van der Waals surface area contributed by atoms with Crippen LogP contribution in [0.5, 0.6) is 0 Å². The van der Waals surface area contributed by atoms with Gasteiger partial charge in [-0.1, -0.05) is 47.0 Å². The highest BCUT2D eigenvalue weighted by Gasteiger charge is 2.04. The highest BCUT2D eigenvalue weighted by atomic mass is 16.4. The van der Waals surface area contributed by atoms with Crippen molar-refractivity contribution in [3.05, 3.63) is 0 Å². The highest BCUT2D eigenvalue weighted by molar-refractivity contribution is 5.67. The summed E-state index contributed by atoms with van der Waals surface area (Å²) in [5.74, 6) is -0.400. The fourth-order valence-electron chi connectivity index (χ4n) is 1.55. The van der Waals surface area contributed by atoms with E-state index in [1.54, 1.807) is 0 Å². The van der Waals surface area contributed by atoms with Gasteiger partial charge in [0, 0.05) is 12.8 Å². The predicted octanol–water partition coefficient (Wildman–Crippen LogP) is 3.79. The average molecular weight is 260 g/mol. The van der Waals surface area contributed by atoms with Crippen LogP contribution in [0, 0.1) is 11.8 Å². The van der Waals surface area contributed by atoms with Gasteiger partial charge >= 0.3 is 11.9 Å². The maximum atomic E-state index is 10.1. The van der Waals surface area contributed by atoms with Crippen molar-refractivity contribution >= 4 is 11.9 Å². The molecule has 0 aliphatic rings. The molecule has 0 fully saturated rings. The van der Waals surface area contributed by atoms with Crippen LogP contribution in [0.2, 0.25) is 0 Å². The van der Waals surface area contributed by atoms with Crippen molar-refractivity contribution in [2.24, 2.45) is 11.8 Å². The minimum Gasteiger partial charge on any atom is -0.481 e. The molecule has 108 valence electrons. The fourth-order valence-corrected chi connectivity index (χ4v) is 1.55. The minimum atomic E-state index is -0.685. The Morgan fingerprint density at radius 1 is 1.00 bits per heavy atom. The standard InChI is InChI=1S/2C7H14O2/c1-6(2)4-3-5-7(8)9;1-3-4-6(2)5-7(8)9/h2*6H,3-5H2,1-2H3,(H,8,9). The Labute approximate surface area is 110 Å². The smallest absolute Gasteiger partial charge is 0.303 e. The van der Waals surface area contributed by atoms with Crippen molar-refractivity contribution in [3.63, 3.8) is 0 Å². The first-order valence-corrected chi connectivity index (χ1v) is 6.73. The lowest BCUT2D eigenvalue weighted by Crippen LogP contribution is -2.03. The van der Waals surface area contributed by atoms with Crippen molar-refractivity contribution in [2.45, 2.75) is 66.2 Å². The zero-order valence-corrected chi connectivity index (χ0v) is 12.1. The minimum absolute atomic E-state index is 0.313. The summed E-state index contributed by atoms with van der Waals surface area (Å²) in [4.78, 5) is 20.1. The largest absolute Gasteiger partial charge is 0.481 e. The molecule has 0 spiro atoms. The van der Waals surface area contributed by atoms with Crippen LogP contribution >= 0.6 is 0 Å². The summed E-state index contributed by atoms with van der Waals surface area (Å²) in [7, 11) is 0. The molecule has 2 N–H and O–H groups in total. The zero-order chi connectivity index (χ0) is 14.6. The third kappa shape index (κ3) is 20.4. The Kier molecular flexibility index (Phi) is 13.3. The van der Waals surface area contributed by atoms with Crippen molar-refractivity contribution in [1.29, 1.82) is 0 Å². The van der Waals surface area contributed by atoms with E-state index in [1.807, 2.05) is 6.92 Å². The highest BCUT2D eigenvalue weighted by Crippen LogP contribution is 2.08. The molecule has 0 amide bonds. The second kappa shape index (κ2) is 12.4. The van der Waals surface area contributed by atoms with Crippen molar-refractivity contribution in [3.8, 4) is 0 Å². The first-order chi connectivity index (χ1) is 8.29. The summed E-state index contributed by atoms with van der Waals surface area (Å²) in [5, 5.41) is 16.5. The number of carboxylic acid groups (broad SMARTS) is 2. The van der Waals surface area contributed by atoms with Crippen LogP contribution in [0.25, 0.3) is 0 Å². The molecule has 0 radical (unpaired) electrons. The van der Waals surface area contributed by atoms with Crippen LogP contribution in [0.15, 0.2) is 0 Å². The summed E-state index contributed by atoms with van der Waals surface area (Å²) < 4.78 is 0. The molecule has 0 aliphatic carbocycles. The molecule has 0 saturated carbocycles. The Morgan fingerprint density at radius 3 is 1.89 bits per heavy atom. The van der Waals surface area contributed by atoms with Gasteiger partial charge in [0.25, 0.3) is 0 Å². The second-order valence-corrected chi connectivity index (χ2v) is 5.17. The van der Waals surface area contributed by atoms with Crippen LogP contribution in [0.1, 0.15) is 66.2 Å². The number of rotatable bonds is 8. The number of carboxylic acids is 2. The number of hydrogen-bond donors (Lipinski definition) is 2. The van der Waals surface area contributed by atoms with E-state index in [1.165, 1.54) is 0 Å². The van der Waals surface area contributed by atoms with Crippen LogP contribution in [-0.2, 0) is 9.59 Å². The van der Waals surface area contributed by atoms with Crippen molar-refractivity contribution in [1.82, 2.24) is 0 Å². The Balaban J connectivity index is 0. The van der Waals surface area contributed by atoms with Gasteiger partial charge in [-0.3, -0.25) is 9.59 Å². The molecule has 0 aromatic rings. The summed E-state index contributed by atoms with van der Waals surface area (Å²) in [5.41, 5.74) is 0. The lowest BCUT2D eigenvalue weighted by Gasteiger charge is -2.03. The van der Waals surface area contributed by atoms with E-state index in [4.69, 9.17) is 10.2 Å². The molecule has 4 heteroatoms. The lowest BCUT2D eigenvalue weighted by molar-refractivity contribution is -0.138. The third-order valence-corrected chi connectivity index (χ3v) is 2.48. The predicted molar refractivity (Wildman–Crippen MR) is 72.6 cm³/mol. The average Bonchev–Trinajstić information content (AvgIpc) is 2.16. The molecule has 0 bridgehead atoms. The van der Waals surface area contributed by atoms with Crippen LogP contribution in [-0.4, -0.2) is 22.2 Å². The first-order valence-electron chi connectivity index (χ1n) is 6.73. The van der Waals surface area contributed by atoms with Gasteiger partial charge in [-0.05, 0) is 18.3 Å². The van der Waals surface area contributed by atoms with E-state index in [0.717, 1.165) is 25.7 Å². The Morgan fingerprint density at radius 2 is 1.56 bits per heavy atom. The Bertz CT molecular complexity index is 224. The van der Waals surface area contributed by atoms with Crippen molar-refractivity contribution < 1.29 is 19.8 Å². The van der Waals surface area contributed by atoms with Gasteiger partial charge in [-0.15, -0.1) is 0 Å². The molecule has 4 nitrogen and oxygen atoms in total. The summed E-state index contributed by atoms with van der Waals surface area (Å²) in [6.07, 6.45) is 4.56. The third-order valence-electron chi connectivity index (χ3n) is 2.48. The molecule has 0 rings (SSSR count). The molecule has 18 heavy (non-hydrogen) atoms. The molecule has 0 aliphatic heterocycles. The van der Waals surface area contributed by atoms with E-state index < -0.39 is 11.9 Å². The van der Waals surface area contributed by atoms with Crippen LogP contribution < -0.4 is 0 Å². The molecule has 0 aromatic heterocycles. The first kappa shape index (κ1) is 19.3. The monoisotopic (exact) mass is 260 g/mol. The summed E-state index contributed by atoms with van der Waals surface area (Å²) in [6.45, 7) is 8.24. The molecule has 1 unspecified atom stereocenters. The summed E-state index contributed by atoms with van der Waals surface area (Å²) >= 11 is 0. The van der Waals surface area contributed by atoms with E-state index in [-0.39, 0.29) is 0 Å². The van der Waals surface area contributed by atoms with Gasteiger partial charge < -0.3 is 10.2 Å². The van der Waals surface area contributed by atoms with Gasteiger partial charge in [0.05, 0.1) is 0 Å². The van der Waals surface area contributed by atoms with Gasteiger partial charge in [0.1, 0.15) is 0 Å². The van der Waals surface area contributed by atoms with Crippen LogP contribution in [0.3, 0.4) is 0 Å². The van der Waals surface area contributed by atoms with E-state index in [2.05, 4.69) is 20.8 Å². The Hall–Kier alpha value is -1.06. The molecule has 1 atom stereocenters.